The van der Waals surface area contributed by atoms with Crippen LogP contribution in [0.2, 0.25) is 0 Å². The van der Waals surface area contributed by atoms with Gasteiger partial charge in [0.05, 0.1) is 11.8 Å². The number of carboxylic acids is 1. The minimum atomic E-state index is -0.857. The van der Waals surface area contributed by atoms with Gasteiger partial charge in [-0.15, -0.1) is 0 Å². The highest BCUT2D eigenvalue weighted by Gasteiger charge is 2.52. The zero-order chi connectivity index (χ0) is 18.3. The molecule has 0 unspecified atom stereocenters. The first-order chi connectivity index (χ1) is 12.5. The number of nitrogens with zero attached hydrogens (tertiary/aromatic N) is 2. The van der Waals surface area contributed by atoms with Gasteiger partial charge in [0, 0.05) is 32.7 Å². The van der Waals surface area contributed by atoms with E-state index in [-0.39, 0.29) is 23.6 Å². The number of allylic oxidation sites excluding steroid dienone is 2. The maximum atomic E-state index is 13.3. The van der Waals surface area contributed by atoms with Crippen molar-refractivity contribution in [2.75, 3.05) is 26.2 Å². The van der Waals surface area contributed by atoms with Crippen molar-refractivity contribution in [1.82, 2.24) is 9.80 Å². The molecule has 0 radical (unpaired) electrons. The van der Waals surface area contributed by atoms with Crippen LogP contribution in [-0.2, 0) is 16.1 Å². The van der Waals surface area contributed by atoms with E-state index in [9.17, 15) is 19.1 Å². The van der Waals surface area contributed by atoms with E-state index in [0.29, 0.717) is 19.6 Å². The maximum absolute atomic E-state index is 13.3. The van der Waals surface area contributed by atoms with Gasteiger partial charge in [0.15, 0.2) is 0 Å². The number of hydrogen-bond acceptors (Lipinski definition) is 3. The third-order valence-corrected chi connectivity index (χ3v) is 6.01. The van der Waals surface area contributed by atoms with Crippen molar-refractivity contribution in [3.05, 3.63) is 47.8 Å². The number of rotatable bonds is 4. The van der Waals surface area contributed by atoms with Crippen molar-refractivity contribution >= 4 is 11.9 Å². The Morgan fingerprint density at radius 1 is 1.08 bits per heavy atom. The van der Waals surface area contributed by atoms with E-state index in [2.05, 4.69) is 4.90 Å². The Morgan fingerprint density at radius 3 is 2.42 bits per heavy atom. The van der Waals surface area contributed by atoms with Crippen molar-refractivity contribution in [2.24, 2.45) is 23.7 Å². The lowest BCUT2D eigenvalue weighted by molar-refractivity contribution is -0.151. The molecule has 4 rings (SSSR count). The minimum Gasteiger partial charge on any atom is -0.481 e. The summed E-state index contributed by atoms with van der Waals surface area (Å²) in [6.07, 6.45) is 4.77. The summed E-state index contributed by atoms with van der Waals surface area (Å²) in [7, 11) is 0. The number of carbonyl (C=O) groups excluding carboxylic acids is 1. The van der Waals surface area contributed by atoms with Crippen molar-refractivity contribution in [1.29, 1.82) is 0 Å². The van der Waals surface area contributed by atoms with Gasteiger partial charge in [-0.1, -0.05) is 24.3 Å². The summed E-state index contributed by atoms with van der Waals surface area (Å²) in [5, 5.41) is 9.54. The third kappa shape index (κ3) is 3.14. The predicted molar refractivity (Wildman–Crippen MR) is 93.6 cm³/mol. The Hall–Kier alpha value is -2.21. The summed E-state index contributed by atoms with van der Waals surface area (Å²) in [5.74, 6) is -2.04. The molecule has 26 heavy (non-hydrogen) atoms. The second-order valence-electron chi connectivity index (χ2n) is 7.57. The molecule has 6 heteroatoms. The van der Waals surface area contributed by atoms with E-state index < -0.39 is 17.8 Å². The average molecular weight is 358 g/mol. The van der Waals surface area contributed by atoms with Crippen LogP contribution in [0, 0.1) is 29.5 Å². The van der Waals surface area contributed by atoms with Crippen LogP contribution < -0.4 is 0 Å². The van der Waals surface area contributed by atoms with Gasteiger partial charge in [0.2, 0.25) is 5.91 Å². The van der Waals surface area contributed by atoms with Crippen LogP contribution in [0.5, 0.6) is 0 Å². The van der Waals surface area contributed by atoms with Crippen LogP contribution in [0.15, 0.2) is 36.4 Å². The zero-order valence-electron chi connectivity index (χ0n) is 14.6. The van der Waals surface area contributed by atoms with Crippen LogP contribution in [-0.4, -0.2) is 53.0 Å². The molecule has 1 saturated carbocycles. The van der Waals surface area contributed by atoms with E-state index >= 15 is 0 Å². The molecule has 1 amide bonds. The van der Waals surface area contributed by atoms with Gasteiger partial charge in [-0.3, -0.25) is 14.5 Å². The number of carboxylic acid groups (broad SMARTS) is 1. The summed E-state index contributed by atoms with van der Waals surface area (Å²) >= 11 is 0. The van der Waals surface area contributed by atoms with Crippen LogP contribution in [0.25, 0.3) is 0 Å². The molecule has 1 aliphatic heterocycles. The van der Waals surface area contributed by atoms with E-state index in [1.807, 2.05) is 23.1 Å². The Balaban J connectivity index is 1.36. The van der Waals surface area contributed by atoms with Crippen LogP contribution in [0.1, 0.15) is 12.0 Å². The summed E-state index contributed by atoms with van der Waals surface area (Å²) < 4.78 is 13.3. The molecule has 0 aromatic heterocycles. The van der Waals surface area contributed by atoms with Gasteiger partial charge >= 0.3 is 5.97 Å². The van der Waals surface area contributed by atoms with Crippen molar-refractivity contribution in [3.8, 4) is 0 Å². The van der Waals surface area contributed by atoms with E-state index in [1.165, 1.54) is 12.1 Å². The number of amides is 1. The highest BCUT2D eigenvalue weighted by molar-refractivity contribution is 5.87. The normalized spacial score (nSPS) is 30.7. The molecule has 1 N–H and O–H groups in total. The standard InChI is InChI=1S/C20H23FN2O3/c21-16-3-1-2-13(10-16)12-22-6-8-23(9-7-22)19(24)17-14-4-5-15(11-14)18(17)20(25)26/h1-5,10,14-15,17-18H,6-9,11-12H2,(H,25,26)/t14-,15-,17-,18-/m0/s1. The van der Waals surface area contributed by atoms with E-state index in [1.54, 1.807) is 6.07 Å². The lowest BCUT2D eigenvalue weighted by Gasteiger charge is -2.37. The van der Waals surface area contributed by atoms with Gasteiger partial charge in [0.1, 0.15) is 5.82 Å². The smallest absolute Gasteiger partial charge is 0.307 e. The van der Waals surface area contributed by atoms with E-state index in [0.717, 1.165) is 25.1 Å². The van der Waals surface area contributed by atoms with Gasteiger partial charge in [0.25, 0.3) is 0 Å². The quantitative estimate of drug-likeness (QED) is 0.837. The lowest BCUT2D eigenvalue weighted by atomic mass is 9.82. The SMILES string of the molecule is O=C(O)[C@@H]1[C@@H](C(=O)N2CCN(Cc3cccc(F)c3)CC2)[C@H]2C=C[C@H]1C2. The molecule has 1 aromatic carbocycles. The second kappa shape index (κ2) is 6.83. The molecule has 0 spiro atoms. The van der Waals surface area contributed by atoms with Crippen LogP contribution in [0.3, 0.4) is 0 Å². The van der Waals surface area contributed by atoms with Crippen LogP contribution in [0.4, 0.5) is 4.39 Å². The fourth-order valence-electron chi connectivity index (χ4n) is 4.73. The number of carbonyl (C=O) groups is 2. The summed E-state index contributed by atoms with van der Waals surface area (Å²) in [6, 6.07) is 6.58. The number of aliphatic carboxylic acids is 1. The third-order valence-electron chi connectivity index (χ3n) is 6.01. The van der Waals surface area contributed by atoms with Gasteiger partial charge < -0.3 is 10.0 Å². The molecular weight excluding hydrogens is 335 g/mol. The predicted octanol–water partition coefficient (Wildman–Crippen LogP) is 1.99. The summed E-state index contributed by atoms with van der Waals surface area (Å²) in [5.41, 5.74) is 0.925. The number of fused-ring (bicyclic) bond motifs is 2. The second-order valence-corrected chi connectivity index (χ2v) is 7.57. The first kappa shape index (κ1) is 17.2. The molecule has 1 saturated heterocycles. The Labute approximate surface area is 152 Å². The van der Waals surface area contributed by atoms with Crippen molar-refractivity contribution in [3.63, 3.8) is 0 Å². The lowest BCUT2D eigenvalue weighted by Crippen LogP contribution is -2.52. The minimum absolute atomic E-state index is 0.000663. The van der Waals surface area contributed by atoms with Gasteiger partial charge in [-0.2, -0.15) is 0 Å². The maximum Gasteiger partial charge on any atom is 0.307 e. The molecule has 1 heterocycles. The number of hydrogen-bond donors (Lipinski definition) is 1. The highest BCUT2D eigenvalue weighted by Crippen LogP contribution is 2.48. The molecular formula is C20H23FN2O3. The van der Waals surface area contributed by atoms with Crippen molar-refractivity contribution < 1.29 is 19.1 Å². The topological polar surface area (TPSA) is 60.9 Å². The van der Waals surface area contributed by atoms with Gasteiger partial charge in [-0.25, -0.2) is 4.39 Å². The molecule has 4 atom stereocenters. The zero-order valence-corrected chi connectivity index (χ0v) is 14.6. The van der Waals surface area contributed by atoms with Crippen molar-refractivity contribution in [2.45, 2.75) is 13.0 Å². The number of piperazine rings is 1. The van der Waals surface area contributed by atoms with Gasteiger partial charge in [-0.05, 0) is 36.0 Å². The molecule has 5 nitrogen and oxygen atoms in total. The first-order valence-electron chi connectivity index (χ1n) is 9.19. The van der Waals surface area contributed by atoms with E-state index in [4.69, 9.17) is 0 Å². The first-order valence-corrected chi connectivity index (χ1v) is 9.19. The Kier molecular flexibility index (Phi) is 4.53. The largest absolute Gasteiger partial charge is 0.481 e. The molecule has 1 aromatic rings. The number of benzene rings is 1. The summed E-state index contributed by atoms with van der Waals surface area (Å²) in [4.78, 5) is 28.6. The fourth-order valence-corrected chi connectivity index (χ4v) is 4.73. The molecule has 2 fully saturated rings. The molecule has 2 aliphatic carbocycles. The summed E-state index contributed by atoms with van der Waals surface area (Å²) in [6.45, 7) is 3.29. The molecule has 138 valence electrons. The molecule has 3 aliphatic rings. The Bertz CT molecular complexity index is 742. The van der Waals surface area contributed by atoms with Crippen LogP contribution >= 0.6 is 0 Å². The fraction of sp³-hybridized carbons (Fsp3) is 0.500. The Morgan fingerprint density at radius 2 is 1.77 bits per heavy atom. The number of halogens is 1. The average Bonchev–Trinajstić information content (AvgIpc) is 3.23. The monoisotopic (exact) mass is 358 g/mol. The highest BCUT2D eigenvalue weighted by atomic mass is 19.1. The molecule has 2 bridgehead atoms.